The van der Waals surface area contributed by atoms with Crippen molar-refractivity contribution in [2.75, 3.05) is 18.1 Å². The molecule has 3 N–H and O–H groups in total. The Bertz CT molecular complexity index is 741. The van der Waals surface area contributed by atoms with Gasteiger partial charge in [0.2, 0.25) is 11.8 Å². The molecule has 2 fully saturated rings. The summed E-state index contributed by atoms with van der Waals surface area (Å²) in [5, 5.41) is 1.22. The van der Waals surface area contributed by atoms with Gasteiger partial charge in [-0.05, 0) is 43.4 Å². The number of hydrogen-bond donors (Lipinski definition) is 2. The van der Waals surface area contributed by atoms with Crippen LogP contribution < -0.4 is 16.2 Å². The van der Waals surface area contributed by atoms with Crippen molar-refractivity contribution in [1.29, 1.82) is 0 Å². The lowest BCUT2D eigenvalue weighted by molar-refractivity contribution is -0.132. The number of rotatable bonds is 4. The monoisotopic (exact) mass is 442 g/mol. The Balaban J connectivity index is 1.58. The van der Waals surface area contributed by atoms with Gasteiger partial charge in [-0.25, -0.2) is 9.80 Å². The highest BCUT2D eigenvalue weighted by molar-refractivity contribution is 9.10. The van der Waals surface area contributed by atoms with Gasteiger partial charge in [-0.3, -0.25) is 15.0 Å². The third kappa shape index (κ3) is 4.48. The summed E-state index contributed by atoms with van der Waals surface area (Å²) in [7, 11) is 0. The van der Waals surface area contributed by atoms with Crippen molar-refractivity contribution >= 4 is 51.1 Å². The molecule has 1 aliphatic carbocycles. The number of nitrogens with two attached hydrogens (primary N) is 1. The van der Waals surface area contributed by atoms with Gasteiger partial charge in [0.05, 0.1) is 10.7 Å². The smallest absolute Gasteiger partial charge is 0.338 e. The van der Waals surface area contributed by atoms with Crippen LogP contribution in [0.1, 0.15) is 25.7 Å². The predicted molar refractivity (Wildman–Crippen MR) is 101 cm³/mol. The van der Waals surface area contributed by atoms with E-state index in [1.807, 2.05) is 4.90 Å². The third-order valence-electron chi connectivity index (χ3n) is 4.61. The fourth-order valence-electron chi connectivity index (χ4n) is 3.12. The van der Waals surface area contributed by atoms with Crippen molar-refractivity contribution in [1.82, 2.24) is 10.3 Å². The van der Waals surface area contributed by atoms with Crippen LogP contribution >= 0.6 is 27.5 Å². The van der Waals surface area contributed by atoms with Crippen LogP contribution in [-0.4, -0.2) is 35.8 Å². The van der Waals surface area contributed by atoms with Crippen molar-refractivity contribution in [3.8, 4) is 0 Å². The number of hydrazine groups is 1. The molecule has 4 amide bonds. The Morgan fingerprint density at radius 3 is 2.65 bits per heavy atom. The van der Waals surface area contributed by atoms with E-state index in [0.29, 0.717) is 18.8 Å². The molecule has 26 heavy (non-hydrogen) atoms. The standard InChI is InChI=1S/C17H20BrClN4O3/c18-12-3-4-14(13(19)8-12)23(17(20)26)21-15(24)7-10-5-6-22(9-10)16(25)11-1-2-11/h3-4,8,10-11H,1-2,5-7,9H2,(H2,20,26)(H,21,24)/t10-/m0/s1. The molecule has 1 saturated carbocycles. The summed E-state index contributed by atoms with van der Waals surface area (Å²) >= 11 is 9.42. The molecule has 0 unspecified atom stereocenters. The molecule has 2 aliphatic rings. The zero-order valence-corrected chi connectivity index (χ0v) is 16.4. The van der Waals surface area contributed by atoms with Crippen LogP contribution in [0.4, 0.5) is 10.5 Å². The minimum absolute atomic E-state index is 0.0767. The van der Waals surface area contributed by atoms with Gasteiger partial charge >= 0.3 is 6.03 Å². The molecule has 1 saturated heterocycles. The van der Waals surface area contributed by atoms with Crippen LogP contribution in [0.15, 0.2) is 22.7 Å². The number of carbonyl (C=O) groups is 3. The van der Waals surface area contributed by atoms with Gasteiger partial charge in [-0.15, -0.1) is 0 Å². The van der Waals surface area contributed by atoms with Crippen LogP contribution in [0.2, 0.25) is 5.02 Å². The third-order valence-corrected chi connectivity index (χ3v) is 5.40. The maximum absolute atomic E-state index is 12.4. The summed E-state index contributed by atoms with van der Waals surface area (Å²) in [5.41, 5.74) is 8.20. The lowest BCUT2D eigenvalue weighted by Gasteiger charge is -2.23. The first-order valence-corrected chi connectivity index (χ1v) is 9.65. The minimum Gasteiger partial charge on any atom is -0.350 e. The zero-order chi connectivity index (χ0) is 18.8. The fourth-order valence-corrected chi connectivity index (χ4v) is 3.88. The number of amides is 4. The van der Waals surface area contributed by atoms with Gasteiger partial charge in [0.15, 0.2) is 0 Å². The number of anilines is 1. The number of hydrogen-bond acceptors (Lipinski definition) is 3. The van der Waals surface area contributed by atoms with Crippen LogP contribution in [-0.2, 0) is 9.59 Å². The molecule has 140 valence electrons. The second kappa shape index (κ2) is 7.84. The Morgan fingerprint density at radius 2 is 2.04 bits per heavy atom. The second-order valence-electron chi connectivity index (χ2n) is 6.72. The number of primary amides is 1. The summed E-state index contributed by atoms with van der Waals surface area (Å²) in [6.45, 7) is 1.27. The summed E-state index contributed by atoms with van der Waals surface area (Å²) in [6.07, 6.45) is 2.94. The van der Waals surface area contributed by atoms with E-state index in [1.165, 1.54) is 0 Å². The molecule has 0 aromatic heterocycles. The highest BCUT2D eigenvalue weighted by Crippen LogP contribution is 2.33. The minimum atomic E-state index is -0.834. The van der Waals surface area contributed by atoms with Crippen LogP contribution in [0.3, 0.4) is 0 Å². The molecule has 0 spiro atoms. The maximum Gasteiger partial charge on any atom is 0.338 e. The van der Waals surface area contributed by atoms with Gasteiger partial charge in [0, 0.05) is 29.9 Å². The summed E-state index contributed by atoms with van der Waals surface area (Å²) in [5.74, 6) is 0.127. The highest BCUT2D eigenvalue weighted by Gasteiger charge is 2.37. The van der Waals surface area contributed by atoms with E-state index in [9.17, 15) is 14.4 Å². The van der Waals surface area contributed by atoms with Crippen molar-refractivity contribution in [2.45, 2.75) is 25.7 Å². The predicted octanol–water partition coefficient (Wildman–Crippen LogP) is 2.67. The first-order chi connectivity index (χ1) is 12.3. The van der Waals surface area contributed by atoms with Crippen molar-refractivity contribution in [3.05, 3.63) is 27.7 Å². The molecule has 3 rings (SSSR count). The lowest BCUT2D eigenvalue weighted by atomic mass is 10.1. The molecule has 1 aliphatic heterocycles. The number of likely N-dealkylation sites (tertiary alicyclic amines) is 1. The molecule has 7 nitrogen and oxygen atoms in total. The van der Waals surface area contributed by atoms with Crippen molar-refractivity contribution in [2.24, 2.45) is 17.6 Å². The molecule has 0 radical (unpaired) electrons. The number of carbonyl (C=O) groups excluding carboxylic acids is 3. The lowest BCUT2D eigenvalue weighted by Crippen LogP contribution is -2.49. The zero-order valence-electron chi connectivity index (χ0n) is 14.1. The number of nitrogens with zero attached hydrogens (tertiary/aromatic N) is 2. The van der Waals surface area contributed by atoms with E-state index in [4.69, 9.17) is 17.3 Å². The van der Waals surface area contributed by atoms with Gasteiger partial charge in [0.25, 0.3) is 0 Å². The first kappa shape index (κ1) is 19.0. The van der Waals surface area contributed by atoms with E-state index in [2.05, 4.69) is 21.4 Å². The van der Waals surface area contributed by atoms with E-state index in [-0.39, 0.29) is 35.1 Å². The molecule has 0 bridgehead atoms. The number of halogens is 2. The fraction of sp³-hybridized carbons (Fsp3) is 0.471. The van der Waals surface area contributed by atoms with E-state index >= 15 is 0 Å². The van der Waals surface area contributed by atoms with Crippen molar-refractivity contribution in [3.63, 3.8) is 0 Å². The highest BCUT2D eigenvalue weighted by atomic mass is 79.9. The summed E-state index contributed by atoms with van der Waals surface area (Å²) in [4.78, 5) is 38.0. The van der Waals surface area contributed by atoms with Gasteiger partial charge in [-0.1, -0.05) is 27.5 Å². The van der Waals surface area contributed by atoms with E-state index in [0.717, 1.165) is 28.7 Å². The van der Waals surface area contributed by atoms with Gasteiger partial charge in [0.1, 0.15) is 0 Å². The van der Waals surface area contributed by atoms with Crippen molar-refractivity contribution < 1.29 is 14.4 Å². The Labute approximate surface area is 164 Å². The topological polar surface area (TPSA) is 95.7 Å². The quantitative estimate of drug-likeness (QED) is 0.700. The molecule has 9 heteroatoms. The van der Waals surface area contributed by atoms with Crippen LogP contribution in [0.25, 0.3) is 0 Å². The summed E-state index contributed by atoms with van der Waals surface area (Å²) < 4.78 is 0.744. The second-order valence-corrected chi connectivity index (χ2v) is 8.04. The van der Waals surface area contributed by atoms with Crippen LogP contribution in [0, 0.1) is 11.8 Å². The molecule has 1 aromatic rings. The normalized spacial score (nSPS) is 19.3. The molecular weight excluding hydrogens is 424 g/mol. The van der Waals surface area contributed by atoms with Gasteiger partial charge in [-0.2, -0.15) is 0 Å². The van der Waals surface area contributed by atoms with E-state index in [1.54, 1.807) is 18.2 Å². The van der Waals surface area contributed by atoms with Crippen LogP contribution in [0.5, 0.6) is 0 Å². The Hall–Kier alpha value is -1.80. The molecular formula is C17H20BrClN4O3. The Morgan fingerprint density at radius 1 is 1.31 bits per heavy atom. The molecule has 1 aromatic carbocycles. The Kier molecular flexibility index (Phi) is 5.72. The van der Waals surface area contributed by atoms with E-state index < -0.39 is 6.03 Å². The molecule has 1 heterocycles. The number of benzene rings is 1. The first-order valence-electron chi connectivity index (χ1n) is 8.48. The van der Waals surface area contributed by atoms with Gasteiger partial charge < -0.3 is 10.6 Å². The SMILES string of the molecule is NC(=O)N(NC(=O)C[C@@H]1CCN(C(=O)C2CC2)C1)c1ccc(Br)cc1Cl. The average Bonchev–Trinajstić information content (AvgIpc) is 3.32. The summed E-state index contributed by atoms with van der Waals surface area (Å²) in [6, 6.07) is 4.06. The maximum atomic E-state index is 12.4. The largest absolute Gasteiger partial charge is 0.350 e. The number of nitrogens with one attached hydrogen (secondary N) is 1. The molecule has 1 atom stereocenters. The average molecular weight is 444 g/mol. The number of urea groups is 1.